The van der Waals surface area contributed by atoms with Crippen molar-refractivity contribution >= 4 is 29.1 Å². The third kappa shape index (κ3) is 4.77. The first-order chi connectivity index (χ1) is 13.0. The highest BCUT2D eigenvalue weighted by molar-refractivity contribution is 8.00. The zero-order valence-corrected chi connectivity index (χ0v) is 16.9. The molecule has 7 heteroatoms. The molecular formula is C20H26N4O2S. The fraction of sp³-hybridized carbons (Fsp3) is 0.500. The Morgan fingerprint density at radius 2 is 1.81 bits per heavy atom. The number of aromatic nitrogens is 3. The van der Waals surface area contributed by atoms with Gasteiger partial charge in [0.15, 0.2) is 10.9 Å². The quantitative estimate of drug-likeness (QED) is 0.588. The Bertz CT molecular complexity index is 810. The van der Waals surface area contributed by atoms with Crippen LogP contribution in [0.2, 0.25) is 0 Å². The van der Waals surface area contributed by atoms with Gasteiger partial charge in [0.2, 0.25) is 5.91 Å². The predicted octanol–water partition coefficient (Wildman–Crippen LogP) is 4.41. The number of amides is 1. The van der Waals surface area contributed by atoms with E-state index in [2.05, 4.69) is 20.1 Å². The highest BCUT2D eigenvalue weighted by atomic mass is 32.2. The lowest BCUT2D eigenvalue weighted by atomic mass is 9.95. The molecule has 1 fully saturated rings. The van der Waals surface area contributed by atoms with E-state index in [4.69, 9.17) is 0 Å². The molecule has 1 heterocycles. The van der Waals surface area contributed by atoms with Crippen molar-refractivity contribution in [1.82, 2.24) is 14.8 Å². The molecule has 0 bridgehead atoms. The average molecular weight is 387 g/mol. The van der Waals surface area contributed by atoms with Gasteiger partial charge in [-0.25, -0.2) is 0 Å². The third-order valence-electron chi connectivity index (χ3n) is 4.99. The van der Waals surface area contributed by atoms with E-state index in [1.54, 1.807) is 24.3 Å². The van der Waals surface area contributed by atoms with Gasteiger partial charge in [0, 0.05) is 17.3 Å². The maximum atomic E-state index is 12.6. The van der Waals surface area contributed by atoms with Crippen molar-refractivity contribution < 1.29 is 9.59 Å². The van der Waals surface area contributed by atoms with Gasteiger partial charge in [-0.15, -0.1) is 10.2 Å². The zero-order valence-electron chi connectivity index (χ0n) is 16.1. The van der Waals surface area contributed by atoms with Crippen molar-refractivity contribution in [3.05, 3.63) is 35.7 Å². The van der Waals surface area contributed by atoms with Crippen molar-refractivity contribution in [3.8, 4) is 0 Å². The van der Waals surface area contributed by atoms with Crippen LogP contribution < -0.4 is 5.32 Å². The van der Waals surface area contributed by atoms with E-state index in [9.17, 15) is 9.59 Å². The minimum atomic E-state index is -0.302. The van der Waals surface area contributed by atoms with Crippen LogP contribution in [-0.2, 0) is 4.79 Å². The fourth-order valence-electron chi connectivity index (χ4n) is 3.43. The number of thioether (sulfide) groups is 1. The number of hydrogen-bond donors (Lipinski definition) is 1. The number of nitrogens with one attached hydrogen (secondary N) is 1. The molecule has 1 atom stereocenters. The first-order valence-electron chi connectivity index (χ1n) is 9.45. The molecular weight excluding hydrogens is 360 g/mol. The van der Waals surface area contributed by atoms with Gasteiger partial charge < -0.3 is 9.88 Å². The summed E-state index contributed by atoms with van der Waals surface area (Å²) in [6.45, 7) is 5.38. The molecule has 1 aliphatic carbocycles. The van der Waals surface area contributed by atoms with Gasteiger partial charge in [0.25, 0.3) is 0 Å². The van der Waals surface area contributed by atoms with Gasteiger partial charge >= 0.3 is 0 Å². The first kappa shape index (κ1) is 19.6. The number of carbonyl (C=O) groups excluding carboxylic acids is 2. The largest absolute Gasteiger partial charge is 0.325 e. The van der Waals surface area contributed by atoms with E-state index in [-0.39, 0.29) is 16.9 Å². The number of Topliss-reactive ketones (excluding diaryl/α,β-unsaturated/α-hetero) is 1. The van der Waals surface area contributed by atoms with Crippen molar-refractivity contribution in [3.63, 3.8) is 0 Å². The Labute approximate surface area is 164 Å². The highest BCUT2D eigenvalue weighted by Gasteiger charge is 2.24. The molecule has 6 nitrogen and oxygen atoms in total. The Morgan fingerprint density at radius 1 is 1.15 bits per heavy atom. The Kier molecular flexibility index (Phi) is 6.31. The molecule has 2 aromatic rings. The number of nitrogens with zero attached hydrogens (tertiary/aromatic N) is 3. The van der Waals surface area contributed by atoms with Crippen LogP contribution in [0.25, 0.3) is 0 Å². The van der Waals surface area contributed by atoms with Crippen LogP contribution in [0.5, 0.6) is 0 Å². The molecule has 1 N–H and O–H groups in total. The molecule has 27 heavy (non-hydrogen) atoms. The molecule has 0 spiro atoms. The maximum absolute atomic E-state index is 12.6. The van der Waals surface area contributed by atoms with Crippen LogP contribution in [-0.4, -0.2) is 31.7 Å². The van der Waals surface area contributed by atoms with E-state index in [1.807, 2.05) is 13.8 Å². The van der Waals surface area contributed by atoms with E-state index >= 15 is 0 Å². The second kappa shape index (κ2) is 8.69. The summed E-state index contributed by atoms with van der Waals surface area (Å²) in [5.74, 6) is 0.831. The van der Waals surface area contributed by atoms with Crippen molar-refractivity contribution in [2.45, 2.75) is 69.3 Å². The van der Waals surface area contributed by atoms with Gasteiger partial charge in [-0.05, 0) is 57.9 Å². The standard InChI is InChI=1S/C20H26N4O2S/c1-13(25)16-9-11-17(12-10-16)21-19(26)14(2)27-20-23-22-15(3)24(20)18-7-5-4-6-8-18/h9-12,14,18H,4-8H2,1-3H3,(H,21,26)/t14-/m1/s1. The fourth-order valence-corrected chi connectivity index (χ4v) is 4.40. The molecule has 144 valence electrons. The van der Waals surface area contributed by atoms with E-state index in [1.165, 1.54) is 37.9 Å². The lowest BCUT2D eigenvalue weighted by molar-refractivity contribution is -0.115. The minimum absolute atomic E-state index is 0.00854. The Morgan fingerprint density at radius 3 is 2.44 bits per heavy atom. The van der Waals surface area contributed by atoms with Crippen LogP contribution in [0.15, 0.2) is 29.4 Å². The summed E-state index contributed by atoms with van der Waals surface area (Å²) < 4.78 is 2.20. The summed E-state index contributed by atoms with van der Waals surface area (Å²) in [5, 5.41) is 12.0. The number of ketones is 1. The predicted molar refractivity (Wildman–Crippen MR) is 107 cm³/mol. The number of hydrogen-bond acceptors (Lipinski definition) is 5. The summed E-state index contributed by atoms with van der Waals surface area (Å²) in [7, 11) is 0. The lowest BCUT2D eigenvalue weighted by Crippen LogP contribution is -2.23. The smallest absolute Gasteiger partial charge is 0.237 e. The minimum Gasteiger partial charge on any atom is -0.325 e. The molecule has 1 aromatic carbocycles. The van der Waals surface area contributed by atoms with Crippen LogP contribution in [0, 0.1) is 6.92 Å². The molecule has 0 unspecified atom stereocenters. The SMILES string of the molecule is CC(=O)c1ccc(NC(=O)[C@@H](C)Sc2nnc(C)n2C2CCCCC2)cc1. The van der Waals surface area contributed by atoms with Crippen LogP contribution >= 0.6 is 11.8 Å². The second-order valence-corrected chi connectivity index (χ2v) is 8.38. The maximum Gasteiger partial charge on any atom is 0.237 e. The van der Waals surface area contributed by atoms with Gasteiger partial charge in [-0.3, -0.25) is 9.59 Å². The molecule has 1 amide bonds. The van der Waals surface area contributed by atoms with Gasteiger partial charge in [-0.1, -0.05) is 31.0 Å². The van der Waals surface area contributed by atoms with Crippen molar-refractivity contribution in [2.75, 3.05) is 5.32 Å². The monoisotopic (exact) mass is 386 g/mol. The van der Waals surface area contributed by atoms with E-state index in [0.29, 0.717) is 17.3 Å². The van der Waals surface area contributed by atoms with Crippen LogP contribution in [0.4, 0.5) is 5.69 Å². The molecule has 1 saturated carbocycles. The molecule has 1 aliphatic rings. The summed E-state index contributed by atoms with van der Waals surface area (Å²) in [5.41, 5.74) is 1.31. The van der Waals surface area contributed by atoms with E-state index in [0.717, 1.165) is 23.8 Å². The molecule has 3 rings (SSSR count). The molecule has 0 saturated heterocycles. The first-order valence-corrected chi connectivity index (χ1v) is 10.3. The Hall–Kier alpha value is -2.15. The number of aryl methyl sites for hydroxylation is 1. The van der Waals surface area contributed by atoms with Gasteiger partial charge in [-0.2, -0.15) is 0 Å². The number of benzene rings is 1. The van der Waals surface area contributed by atoms with Crippen molar-refractivity contribution in [1.29, 1.82) is 0 Å². The Balaban J connectivity index is 1.65. The third-order valence-corrected chi connectivity index (χ3v) is 6.04. The van der Waals surface area contributed by atoms with Crippen molar-refractivity contribution in [2.24, 2.45) is 0 Å². The normalized spacial score (nSPS) is 16.1. The second-order valence-electron chi connectivity index (χ2n) is 7.07. The summed E-state index contributed by atoms with van der Waals surface area (Å²) in [6.07, 6.45) is 6.06. The van der Waals surface area contributed by atoms with Crippen LogP contribution in [0.1, 0.15) is 68.2 Å². The van der Waals surface area contributed by atoms with Gasteiger partial charge in [0.05, 0.1) is 5.25 Å². The summed E-state index contributed by atoms with van der Waals surface area (Å²) in [6, 6.07) is 7.38. The summed E-state index contributed by atoms with van der Waals surface area (Å²) in [4.78, 5) is 23.9. The zero-order chi connectivity index (χ0) is 19.4. The number of carbonyl (C=O) groups is 2. The molecule has 1 aromatic heterocycles. The van der Waals surface area contributed by atoms with Gasteiger partial charge in [0.1, 0.15) is 5.82 Å². The summed E-state index contributed by atoms with van der Waals surface area (Å²) >= 11 is 1.44. The molecule has 0 radical (unpaired) electrons. The number of rotatable bonds is 6. The number of anilines is 1. The lowest BCUT2D eigenvalue weighted by Gasteiger charge is -2.25. The topological polar surface area (TPSA) is 76.9 Å². The highest BCUT2D eigenvalue weighted by Crippen LogP contribution is 2.33. The molecule has 0 aliphatic heterocycles. The van der Waals surface area contributed by atoms with Crippen LogP contribution in [0.3, 0.4) is 0 Å². The average Bonchev–Trinajstić information content (AvgIpc) is 3.03. The van der Waals surface area contributed by atoms with E-state index < -0.39 is 0 Å².